The maximum Gasteiger partial charge on any atom is 0.339 e. The highest BCUT2D eigenvalue weighted by atomic mass is 16.7. The Morgan fingerprint density at radius 2 is 1.56 bits per heavy atom. The third kappa shape index (κ3) is 3.32. The highest BCUT2D eigenvalue weighted by molar-refractivity contribution is 6.20. The number of ether oxygens (including phenoxy) is 1. The lowest BCUT2D eigenvalue weighted by Crippen LogP contribution is -2.30. The smallest absolute Gasteiger partial charge is 0.339 e. The van der Waals surface area contributed by atoms with Crippen LogP contribution in [0.25, 0.3) is 5.57 Å². The van der Waals surface area contributed by atoms with Gasteiger partial charge in [0.05, 0.1) is 18.2 Å². The number of allylic oxidation sites excluding steroid dienone is 1. The van der Waals surface area contributed by atoms with E-state index in [-0.39, 0.29) is 29.1 Å². The summed E-state index contributed by atoms with van der Waals surface area (Å²) in [7, 11) is 1.39. The highest BCUT2D eigenvalue weighted by Crippen LogP contribution is 2.27. The van der Waals surface area contributed by atoms with Crippen LogP contribution in [0.5, 0.6) is 0 Å². The molecule has 0 spiro atoms. The Hall–Kier alpha value is -3.45. The van der Waals surface area contributed by atoms with Gasteiger partial charge in [0.15, 0.2) is 0 Å². The molecule has 0 saturated heterocycles. The van der Waals surface area contributed by atoms with Gasteiger partial charge in [-0.1, -0.05) is 36.4 Å². The van der Waals surface area contributed by atoms with E-state index in [1.165, 1.54) is 7.11 Å². The summed E-state index contributed by atoms with van der Waals surface area (Å²) in [5, 5.41) is 10.2. The minimum atomic E-state index is -1.15. The maximum absolute atomic E-state index is 12.4. The molecule has 0 saturated carbocycles. The average Bonchev–Trinajstić information content (AvgIpc) is 2.91. The molecule has 1 aliphatic heterocycles. The number of carboxylic acid groups (broad SMARTS) is 1. The second kappa shape index (κ2) is 7.43. The number of aliphatic carboxylic acids is 1. The quantitative estimate of drug-likeness (QED) is 0.479. The second-order valence-electron chi connectivity index (χ2n) is 5.82. The summed E-state index contributed by atoms with van der Waals surface area (Å²) in [4.78, 5) is 41.9. The monoisotopic (exact) mass is 367 g/mol. The van der Waals surface area contributed by atoms with Crippen LogP contribution in [0.3, 0.4) is 0 Å². The summed E-state index contributed by atoms with van der Waals surface area (Å²) in [6, 6.07) is 13.1. The van der Waals surface area contributed by atoms with Crippen LogP contribution >= 0.6 is 0 Å². The Labute approximate surface area is 155 Å². The summed E-state index contributed by atoms with van der Waals surface area (Å²) in [5.41, 5.74) is 1.43. The number of carboxylic acids is 1. The van der Waals surface area contributed by atoms with Crippen LogP contribution in [0, 0.1) is 0 Å². The Kier molecular flexibility index (Phi) is 5.05. The molecule has 7 nitrogen and oxygen atoms in total. The number of benzene rings is 2. The van der Waals surface area contributed by atoms with Crippen LogP contribution < -0.4 is 0 Å². The Bertz CT molecular complexity index is 927. The van der Waals surface area contributed by atoms with E-state index >= 15 is 0 Å². The molecule has 1 N–H and O–H groups in total. The largest absolute Gasteiger partial charge is 0.500 e. The van der Waals surface area contributed by atoms with Crippen molar-refractivity contribution in [1.29, 1.82) is 0 Å². The standard InChI is InChI=1S/C20H17NO6/c1-12(26-2)17(20(24)25)14-8-4-3-7-13(14)11-27-21-18(22)15-9-5-6-10-16(15)19(21)23/h3-10H,11H2,1-2H3,(H,24,25). The zero-order chi connectivity index (χ0) is 19.6. The molecule has 3 rings (SSSR count). The molecule has 0 bridgehead atoms. The van der Waals surface area contributed by atoms with Crippen molar-refractivity contribution in [2.45, 2.75) is 13.5 Å². The molecule has 0 atom stereocenters. The molecule has 1 heterocycles. The first kappa shape index (κ1) is 18.3. The molecule has 0 fully saturated rings. The summed E-state index contributed by atoms with van der Waals surface area (Å²) in [6.45, 7) is 1.39. The van der Waals surface area contributed by atoms with E-state index in [2.05, 4.69) is 0 Å². The first-order valence-electron chi connectivity index (χ1n) is 8.13. The van der Waals surface area contributed by atoms with Crippen molar-refractivity contribution < 1.29 is 29.1 Å². The number of nitrogens with zero attached hydrogens (tertiary/aromatic N) is 1. The number of amides is 2. The predicted octanol–water partition coefficient (Wildman–Crippen LogP) is 2.88. The van der Waals surface area contributed by atoms with Crippen molar-refractivity contribution in [2.24, 2.45) is 0 Å². The third-order valence-corrected chi connectivity index (χ3v) is 4.26. The van der Waals surface area contributed by atoms with Gasteiger partial charge in [0.1, 0.15) is 17.9 Å². The Balaban J connectivity index is 1.88. The van der Waals surface area contributed by atoms with E-state index < -0.39 is 17.8 Å². The normalized spacial score (nSPS) is 14.1. The molecule has 2 aromatic carbocycles. The summed E-state index contributed by atoms with van der Waals surface area (Å²) < 4.78 is 5.08. The third-order valence-electron chi connectivity index (χ3n) is 4.26. The lowest BCUT2D eigenvalue weighted by atomic mass is 9.99. The van der Waals surface area contributed by atoms with Crippen molar-refractivity contribution in [2.75, 3.05) is 7.11 Å². The van der Waals surface area contributed by atoms with Gasteiger partial charge in [-0.15, -0.1) is 5.06 Å². The van der Waals surface area contributed by atoms with E-state index in [1.807, 2.05) is 0 Å². The van der Waals surface area contributed by atoms with Crippen LogP contribution in [0.1, 0.15) is 38.8 Å². The topological polar surface area (TPSA) is 93.1 Å². The van der Waals surface area contributed by atoms with Gasteiger partial charge in [0.25, 0.3) is 11.8 Å². The van der Waals surface area contributed by atoms with Crippen molar-refractivity contribution in [3.8, 4) is 0 Å². The summed E-state index contributed by atoms with van der Waals surface area (Å²) in [6.07, 6.45) is 0. The average molecular weight is 367 g/mol. The molecule has 0 aliphatic carbocycles. The number of hydrogen-bond donors (Lipinski definition) is 1. The fourth-order valence-corrected chi connectivity index (χ4v) is 2.87. The van der Waals surface area contributed by atoms with E-state index in [0.29, 0.717) is 16.2 Å². The van der Waals surface area contributed by atoms with Crippen LogP contribution in [0.15, 0.2) is 54.3 Å². The molecule has 7 heteroatoms. The minimum Gasteiger partial charge on any atom is -0.500 e. The van der Waals surface area contributed by atoms with Crippen molar-refractivity contribution in [1.82, 2.24) is 5.06 Å². The molecule has 0 unspecified atom stereocenters. The lowest BCUT2D eigenvalue weighted by molar-refractivity contribution is -0.130. The molecule has 138 valence electrons. The zero-order valence-corrected chi connectivity index (χ0v) is 14.8. The van der Waals surface area contributed by atoms with Gasteiger partial charge < -0.3 is 9.84 Å². The van der Waals surface area contributed by atoms with Gasteiger partial charge in [-0.05, 0) is 30.2 Å². The number of fused-ring (bicyclic) bond motifs is 1. The summed E-state index contributed by atoms with van der Waals surface area (Å²) >= 11 is 0. The van der Waals surface area contributed by atoms with E-state index in [1.54, 1.807) is 55.5 Å². The highest BCUT2D eigenvalue weighted by Gasteiger charge is 2.36. The Morgan fingerprint density at radius 1 is 1.00 bits per heavy atom. The summed E-state index contributed by atoms with van der Waals surface area (Å²) in [5.74, 6) is -2.01. The number of carbonyl (C=O) groups is 3. The van der Waals surface area contributed by atoms with E-state index in [9.17, 15) is 19.5 Å². The fraction of sp³-hybridized carbons (Fsp3) is 0.150. The number of carbonyl (C=O) groups excluding carboxylic acids is 2. The SMILES string of the molecule is COC(C)=C(C(=O)O)c1ccccc1CON1C(=O)c2ccccc2C1=O. The van der Waals surface area contributed by atoms with Gasteiger partial charge in [-0.3, -0.25) is 14.4 Å². The molecule has 27 heavy (non-hydrogen) atoms. The number of rotatable bonds is 6. The number of methoxy groups -OCH3 is 1. The van der Waals surface area contributed by atoms with E-state index in [4.69, 9.17) is 9.57 Å². The van der Waals surface area contributed by atoms with Gasteiger partial charge in [0.2, 0.25) is 0 Å². The van der Waals surface area contributed by atoms with Crippen molar-refractivity contribution in [3.05, 3.63) is 76.5 Å². The molecule has 2 aromatic rings. The van der Waals surface area contributed by atoms with Gasteiger partial charge in [-0.25, -0.2) is 4.79 Å². The Morgan fingerprint density at radius 3 is 2.11 bits per heavy atom. The predicted molar refractivity (Wildman–Crippen MR) is 95.4 cm³/mol. The molecule has 1 aliphatic rings. The van der Waals surface area contributed by atoms with Gasteiger partial charge in [0, 0.05) is 0 Å². The fourth-order valence-electron chi connectivity index (χ4n) is 2.87. The van der Waals surface area contributed by atoms with Crippen molar-refractivity contribution >= 4 is 23.4 Å². The molecular weight excluding hydrogens is 350 g/mol. The molecule has 0 radical (unpaired) electrons. The van der Waals surface area contributed by atoms with E-state index in [0.717, 1.165) is 0 Å². The zero-order valence-electron chi connectivity index (χ0n) is 14.8. The lowest BCUT2D eigenvalue weighted by Gasteiger charge is -2.16. The first-order chi connectivity index (χ1) is 13.0. The van der Waals surface area contributed by atoms with Gasteiger partial charge >= 0.3 is 5.97 Å². The van der Waals surface area contributed by atoms with Crippen LogP contribution in [0.2, 0.25) is 0 Å². The molecular formula is C20H17NO6. The van der Waals surface area contributed by atoms with Crippen LogP contribution in [0.4, 0.5) is 0 Å². The number of hydrogen-bond acceptors (Lipinski definition) is 5. The van der Waals surface area contributed by atoms with Crippen LogP contribution in [-0.2, 0) is 21.0 Å². The number of imide groups is 1. The maximum atomic E-state index is 12.4. The first-order valence-corrected chi connectivity index (χ1v) is 8.13. The van der Waals surface area contributed by atoms with Crippen LogP contribution in [-0.4, -0.2) is 35.1 Å². The molecule has 0 aromatic heterocycles. The second-order valence-corrected chi connectivity index (χ2v) is 5.82. The molecule has 2 amide bonds. The number of hydroxylamine groups is 2. The minimum absolute atomic E-state index is 0.0148. The van der Waals surface area contributed by atoms with Crippen molar-refractivity contribution in [3.63, 3.8) is 0 Å². The van der Waals surface area contributed by atoms with Gasteiger partial charge in [-0.2, -0.15) is 0 Å².